The zero-order valence-electron chi connectivity index (χ0n) is 12.6. The molecule has 0 bridgehead atoms. The summed E-state index contributed by atoms with van der Waals surface area (Å²) < 4.78 is 0. The normalized spacial score (nSPS) is 31.2. The van der Waals surface area contributed by atoms with Crippen molar-refractivity contribution in [3.8, 4) is 0 Å². The summed E-state index contributed by atoms with van der Waals surface area (Å²) in [5.41, 5.74) is 0. The summed E-state index contributed by atoms with van der Waals surface area (Å²) in [5.74, 6) is 1.79. The van der Waals surface area contributed by atoms with Crippen LogP contribution >= 0.6 is 0 Å². The fourth-order valence-electron chi connectivity index (χ4n) is 3.94. The van der Waals surface area contributed by atoms with Crippen molar-refractivity contribution in [2.75, 3.05) is 20.1 Å². The summed E-state index contributed by atoms with van der Waals surface area (Å²) in [4.78, 5) is 2.50. The number of nitrogens with one attached hydrogen (secondary N) is 1. The first-order valence-electron chi connectivity index (χ1n) is 8.11. The van der Waals surface area contributed by atoms with E-state index in [9.17, 15) is 0 Å². The third-order valence-electron chi connectivity index (χ3n) is 5.25. The maximum atomic E-state index is 3.91. The second kappa shape index (κ2) is 6.91. The summed E-state index contributed by atoms with van der Waals surface area (Å²) in [5, 5.41) is 3.91. The minimum atomic E-state index is 0.685. The Morgan fingerprint density at radius 3 is 2.17 bits per heavy atom. The maximum Gasteiger partial charge on any atom is 0.00818 e. The second-order valence-electron chi connectivity index (χ2n) is 6.81. The molecule has 18 heavy (non-hydrogen) atoms. The predicted molar refractivity (Wildman–Crippen MR) is 78.9 cm³/mol. The Bertz CT molecular complexity index is 235. The van der Waals surface area contributed by atoms with E-state index in [4.69, 9.17) is 0 Å². The van der Waals surface area contributed by atoms with Crippen molar-refractivity contribution in [2.24, 2.45) is 11.8 Å². The lowest BCUT2D eigenvalue weighted by Gasteiger charge is -2.37. The van der Waals surface area contributed by atoms with E-state index in [1.165, 1.54) is 58.0 Å². The molecular formula is C16H32N2. The van der Waals surface area contributed by atoms with Crippen LogP contribution in [0.5, 0.6) is 0 Å². The van der Waals surface area contributed by atoms with Crippen LogP contribution in [0, 0.1) is 11.8 Å². The van der Waals surface area contributed by atoms with Crippen LogP contribution in [-0.4, -0.2) is 37.1 Å². The van der Waals surface area contributed by atoms with Crippen LogP contribution in [0.4, 0.5) is 0 Å². The minimum Gasteiger partial charge on any atom is -0.311 e. The SMILES string of the molecule is CC(N[C@@H](C)C1CCCCC1)C1CCCN(C)C1. The van der Waals surface area contributed by atoms with Gasteiger partial charge in [-0.25, -0.2) is 0 Å². The van der Waals surface area contributed by atoms with Crippen LogP contribution in [0.15, 0.2) is 0 Å². The van der Waals surface area contributed by atoms with Gasteiger partial charge < -0.3 is 10.2 Å². The van der Waals surface area contributed by atoms with E-state index in [-0.39, 0.29) is 0 Å². The van der Waals surface area contributed by atoms with Gasteiger partial charge in [0.15, 0.2) is 0 Å². The molecule has 3 atom stereocenters. The van der Waals surface area contributed by atoms with Gasteiger partial charge in [-0.05, 0) is 65.0 Å². The Hall–Kier alpha value is -0.0800. The molecule has 1 N–H and O–H groups in total. The molecule has 0 spiro atoms. The number of likely N-dealkylation sites (tertiary alicyclic amines) is 1. The molecule has 1 saturated carbocycles. The zero-order chi connectivity index (χ0) is 13.0. The molecule has 1 aliphatic carbocycles. The van der Waals surface area contributed by atoms with Crippen molar-refractivity contribution in [1.82, 2.24) is 10.2 Å². The van der Waals surface area contributed by atoms with Gasteiger partial charge in [0.25, 0.3) is 0 Å². The largest absolute Gasteiger partial charge is 0.311 e. The third kappa shape index (κ3) is 3.96. The molecule has 2 fully saturated rings. The van der Waals surface area contributed by atoms with E-state index < -0.39 is 0 Å². The molecule has 2 heteroatoms. The molecule has 0 aromatic carbocycles. The van der Waals surface area contributed by atoms with Crippen molar-refractivity contribution in [3.05, 3.63) is 0 Å². The summed E-state index contributed by atoms with van der Waals surface area (Å²) >= 11 is 0. The molecule has 2 nitrogen and oxygen atoms in total. The summed E-state index contributed by atoms with van der Waals surface area (Å²) in [6, 6.07) is 1.40. The second-order valence-corrected chi connectivity index (χ2v) is 6.81. The van der Waals surface area contributed by atoms with Crippen molar-refractivity contribution in [1.29, 1.82) is 0 Å². The molecule has 2 aliphatic rings. The van der Waals surface area contributed by atoms with Crippen molar-refractivity contribution < 1.29 is 0 Å². The molecular weight excluding hydrogens is 220 g/mol. The van der Waals surface area contributed by atoms with Crippen molar-refractivity contribution in [2.45, 2.75) is 70.9 Å². The average Bonchev–Trinajstić information content (AvgIpc) is 2.39. The lowest BCUT2D eigenvalue weighted by Crippen LogP contribution is -2.48. The fraction of sp³-hybridized carbons (Fsp3) is 1.00. The topological polar surface area (TPSA) is 15.3 Å². The van der Waals surface area contributed by atoms with Crippen LogP contribution in [0.2, 0.25) is 0 Å². The zero-order valence-corrected chi connectivity index (χ0v) is 12.6. The molecule has 2 rings (SSSR count). The summed E-state index contributed by atoms with van der Waals surface area (Å²) in [7, 11) is 2.27. The summed E-state index contributed by atoms with van der Waals surface area (Å²) in [6.07, 6.45) is 10.1. The average molecular weight is 252 g/mol. The Morgan fingerprint density at radius 2 is 1.50 bits per heavy atom. The van der Waals surface area contributed by atoms with Gasteiger partial charge in [-0.15, -0.1) is 0 Å². The molecule has 0 aromatic rings. The predicted octanol–water partition coefficient (Wildman–Crippen LogP) is 3.28. The van der Waals surface area contributed by atoms with Crippen LogP contribution in [0.1, 0.15) is 58.8 Å². The van der Waals surface area contributed by atoms with Crippen molar-refractivity contribution in [3.63, 3.8) is 0 Å². The van der Waals surface area contributed by atoms with E-state index in [0.717, 1.165) is 11.8 Å². The van der Waals surface area contributed by atoms with Gasteiger partial charge in [0.1, 0.15) is 0 Å². The first-order chi connectivity index (χ1) is 8.66. The maximum absolute atomic E-state index is 3.91. The highest BCUT2D eigenvalue weighted by atomic mass is 15.1. The lowest BCUT2D eigenvalue weighted by molar-refractivity contribution is 0.162. The van der Waals surface area contributed by atoms with E-state index >= 15 is 0 Å². The molecule has 1 aliphatic heterocycles. The highest BCUT2D eigenvalue weighted by Crippen LogP contribution is 2.27. The quantitative estimate of drug-likeness (QED) is 0.826. The van der Waals surface area contributed by atoms with Gasteiger partial charge in [0.05, 0.1) is 0 Å². The van der Waals surface area contributed by atoms with Gasteiger partial charge in [-0.1, -0.05) is 19.3 Å². The smallest absolute Gasteiger partial charge is 0.00818 e. The van der Waals surface area contributed by atoms with Crippen LogP contribution < -0.4 is 5.32 Å². The van der Waals surface area contributed by atoms with Crippen LogP contribution in [0.3, 0.4) is 0 Å². The monoisotopic (exact) mass is 252 g/mol. The van der Waals surface area contributed by atoms with Crippen LogP contribution in [-0.2, 0) is 0 Å². The highest BCUT2D eigenvalue weighted by Gasteiger charge is 2.26. The Balaban J connectivity index is 1.76. The van der Waals surface area contributed by atoms with Gasteiger partial charge in [-0.3, -0.25) is 0 Å². The number of nitrogens with zero attached hydrogens (tertiary/aromatic N) is 1. The molecule has 0 aromatic heterocycles. The highest BCUT2D eigenvalue weighted by molar-refractivity contribution is 4.84. The molecule has 106 valence electrons. The van der Waals surface area contributed by atoms with E-state index in [0.29, 0.717) is 12.1 Å². The molecule has 1 heterocycles. The Kier molecular flexibility index (Phi) is 5.50. The van der Waals surface area contributed by atoms with E-state index in [1.807, 2.05) is 0 Å². The van der Waals surface area contributed by atoms with Gasteiger partial charge in [0.2, 0.25) is 0 Å². The van der Waals surface area contributed by atoms with E-state index in [1.54, 1.807) is 0 Å². The molecule has 0 radical (unpaired) electrons. The third-order valence-corrected chi connectivity index (χ3v) is 5.25. The molecule has 1 saturated heterocycles. The van der Waals surface area contributed by atoms with Crippen molar-refractivity contribution >= 4 is 0 Å². The first-order valence-corrected chi connectivity index (χ1v) is 8.11. The number of rotatable bonds is 4. The minimum absolute atomic E-state index is 0.685. The van der Waals surface area contributed by atoms with Gasteiger partial charge in [-0.2, -0.15) is 0 Å². The fourth-order valence-corrected chi connectivity index (χ4v) is 3.94. The Labute approximate surface area is 114 Å². The Morgan fingerprint density at radius 1 is 0.889 bits per heavy atom. The molecule has 0 amide bonds. The first kappa shape index (κ1) is 14.3. The number of piperidine rings is 1. The number of hydrogen-bond acceptors (Lipinski definition) is 2. The van der Waals surface area contributed by atoms with E-state index in [2.05, 4.69) is 31.1 Å². The van der Waals surface area contributed by atoms with Crippen LogP contribution in [0.25, 0.3) is 0 Å². The van der Waals surface area contributed by atoms with Gasteiger partial charge in [0, 0.05) is 18.6 Å². The number of hydrogen-bond donors (Lipinski definition) is 1. The molecule has 2 unspecified atom stereocenters. The standard InChI is InChI=1S/C16H32N2/c1-13(15-8-5-4-6-9-15)17-14(2)16-10-7-11-18(3)12-16/h13-17H,4-12H2,1-3H3/t13-,14?,16?/m0/s1. The lowest BCUT2D eigenvalue weighted by atomic mass is 9.83. The summed E-state index contributed by atoms with van der Waals surface area (Å²) in [6.45, 7) is 7.40. The van der Waals surface area contributed by atoms with Gasteiger partial charge >= 0.3 is 0 Å².